The second kappa shape index (κ2) is 8.01. The molecule has 1 aromatic heterocycles. The zero-order chi connectivity index (χ0) is 18.5. The van der Waals surface area contributed by atoms with Crippen molar-refractivity contribution in [2.24, 2.45) is 0 Å². The molecule has 0 saturated carbocycles. The Morgan fingerprint density at radius 1 is 1.15 bits per heavy atom. The number of benzene rings is 2. The molecule has 134 valence electrons. The molecule has 6 heteroatoms. The van der Waals surface area contributed by atoms with Gasteiger partial charge in [-0.05, 0) is 31.0 Å². The number of aryl methyl sites for hydroxylation is 1. The number of carbonyl (C=O) groups excluding carboxylic acids is 1. The Kier molecular flexibility index (Phi) is 5.53. The molecule has 0 aliphatic rings. The molecule has 0 atom stereocenters. The summed E-state index contributed by atoms with van der Waals surface area (Å²) < 4.78 is 5.60. The molecule has 0 bridgehead atoms. The van der Waals surface area contributed by atoms with Gasteiger partial charge in [-0.2, -0.15) is 0 Å². The van der Waals surface area contributed by atoms with E-state index in [1.165, 1.54) is 16.9 Å². The number of nitrogens with one attached hydrogen (secondary N) is 1. The number of nitrogens with two attached hydrogens (primary N) is 1. The van der Waals surface area contributed by atoms with Crippen LogP contribution in [-0.2, 0) is 6.42 Å². The highest BCUT2D eigenvalue weighted by atomic mass is 32.1. The summed E-state index contributed by atoms with van der Waals surface area (Å²) in [5.74, 6) is 0.844. The molecule has 0 aliphatic carbocycles. The third kappa shape index (κ3) is 3.86. The van der Waals surface area contributed by atoms with Crippen molar-refractivity contribution >= 4 is 33.8 Å². The predicted octanol–water partition coefficient (Wildman–Crippen LogP) is 4.66. The Labute approximate surface area is 156 Å². The van der Waals surface area contributed by atoms with E-state index in [0.717, 1.165) is 17.9 Å². The van der Waals surface area contributed by atoms with Gasteiger partial charge in [-0.15, -0.1) is 0 Å². The highest BCUT2D eigenvalue weighted by Crippen LogP contribution is 2.33. The van der Waals surface area contributed by atoms with Gasteiger partial charge < -0.3 is 15.8 Å². The molecule has 1 heterocycles. The Hall–Kier alpha value is -2.86. The molecule has 2 aromatic carbocycles. The van der Waals surface area contributed by atoms with Gasteiger partial charge in [-0.1, -0.05) is 54.7 Å². The van der Waals surface area contributed by atoms with Gasteiger partial charge in [0.1, 0.15) is 16.4 Å². The molecule has 0 fully saturated rings. The molecular formula is C20H21N3O2S. The fraction of sp³-hybridized carbons (Fsp3) is 0.200. The first-order valence-corrected chi connectivity index (χ1v) is 9.32. The van der Waals surface area contributed by atoms with Crippen LogP contribution in [0.3, 0.4) is 0 Å². The Morgan fingerprint density at radius 2 is 1.88 bits per heavy atom. The number of aromatic nitrogens is 1. The summed E-state index contributed by atoms with van der Waals surface area (Å²) in [5.41, 5.74) is 8.58. The van der Waals surface area contributed by atoms with Crippen molar-refractivity contribution in [3.8, 4) is 5.75 Å². The molecule has 3 rings (SSSR count). The molecule has 0 amide bonds. The lowest BCUT2D eigenvalue weighted by molar-refractivity contribution is 0.104. The highest BCUT2D eigenvalue weighted by molar-refractivity contribution is 7.18. The summed E-state index contributed by atoms with van der Waals surface area (Å²) in [5, 5.41) is 3.75. The summed E-state index contributed by atoms with van der Waals surface area (Å²) in [7, 11) is 0. The molecular weight excluding hydrogens is 346 g/mol. The lowest BCUT2D eigenvalue weighted by Gasteiger charge is -2.09. The van der Waals surface area contributed by atoms with Crippen molar-refractivity contribution in [1.82, 2.24) is 4.98 Å². The first kappa shape index (κ1) is 17.9. The van der Waals surface area contributed by atoms with E-state index in [2.05, 4.69) is 17.2 Å². The number of nitrogens with zero attached hydrogens (tertiary/aromatic N) is 1. The van der Waals surface area contributed by atoms with Crippen LogP contribution in [0.15, 0.2) is 48.5 Å². The van der Waals surface area contributed by atoms with E-state index >= 15 is 0 Å². The molecule has 3 aromatic rings. The standard InChI is InChI=1S/C20H21N3O2S/c1-3-13-9-11-14(12-10-13)17(24)18-19(21)23-20(26-18)22-15-7-5-6-8-16(15)25-4-2/h5-12H,3-4,21H2,1-2H3,(H,22,23). The smallest absolute Gasteiger partial charge is 0.206 e. The summed E-state index contributed by atoms with van der Waals surface area (Å²) >= 11 is 1.24. The molecule has 0 radical (unpaired) electrons. The molecule has 5 nitrogen and oxygen atoms in total. The van der Waals surface area contributed by atoms with Crippen molar-refractivity contribution in [3.63, 3.8) is 0 Å². The van der Waals surface area contributed by atoms with Crippen molar-refractivity contribution < 1.29 is 9.53 Å². The number of hydrogen-bond donors (Lipinski definition) is 2. The highest BCUT2D eigenvalue weighted by Gasteiger charge is 2.18. The van der Waals surface area contributed by atoms with E-state index in [0.29, 0.717) is 22.2 Å². The summed E-state index contributed by atoms with van der Waals surface area (Å²) in [4.78, 5) is 17.5. The van der Waals surface area contributed by atoms with E-state index in [-0.39, 0.29) is 11.6 Å². The van der Waals surface area contributed by atoms with Crippen LogP contribution in [0, 0.1) is 0 Å². The number of anilines is 3. The third-order valence-electron chi connectivity index (χ3n) is 3.91. The van der Waals surface area contributed by atoms with Crippen molar-refractivity contribution in [2.45, 2.75) is 20.3 Å². The number of ether oxygens (including phenoxy) is 1. The van der Waals surface area contributed by atoms with Gasteiger partial charge in [0, 0.05) is 5.56 Å². The zero-order valence-electron chi connectivity index (χ0n) is 14.8. The molecule has 3 N–H and O–H groups in total. The van der Waals surface area contributed by atoms with Crippen molar-refractivity contribution in [3.05, 3.63) is 64.5 Å². The first-order chi connectivity index (χ1) is 12.6. The Bertz CT molecular complexity index is 904. The zero-order valence-corrected chi connectivity index (χ0v) is 15.6. The van der Waals surface area contributed by atoms with Crippen LogP contribution in [0.5, 0.6) is 5.75 Å². The van der Waals surface area contributed by atoms with Gasteiger partial charge in [-0.3, -0.25) is 4.79 Å². The molecule has 0 unspecified atom stereocenters. The van der Waals surface area contributed by atoms with E-state index in [1.807, 2.05) is 55.5 Å². The van der Waals surface area contributed by atoms with Crippen LogP contribution < -0.4 is 15.8 Å². The van der Waals surface area contributed by atoms with Crippen molar-refractivity contribution in [1.29, 1.82) is 0 Å². The summed E-state index contributed by atoms with van der Waals surface area (Å²) in [6, 6.07) is 15.2. The largest absolute Gasteiger partial charge is 0.492 e. The Morgan fingerprint density at radius 3 is 2.58 bits per heavy atom. The normalized spacial score (nSPS) is 10.5. The van der Waals surface area contributed by atoms with Crippen LogP contribution in [0.4, 0.5) is 16.6 Å². The lowest BCUT2D eigenvalue weighted by atomic mass is 10.1. The number of thiazole rings is 1. The average Bonchev–Trinajstić information content (AvgIpc) is 3.03. The summed E-state index contributed by atoms with van der Waals surface area (Å²) in [6.45, 7) is 4.57. The van der Waals surface area contributed by atoms with Crippen LogP contribution in [-0.4, -0.2) is 17.4 Å². The maximum Gasteiger partial charge on any atom is 0.206 e. The number of rotatable bonds is 7. The number of ketones is 1. The van der Waals surface area contributed by atoms with Gasteiger partial charge in [-0.25, -0.2) is 4.98 Å². The van der Waals surface area contributed by atoms with E-state index in [4.69, 9.17) is 10.5 Å². The van der Waals surface area contributed by atoms with Crippen LogP contribution in [0.25, 0.3) is 0 Å². The van der Waals surface area contributed by atoms with Gasteiger partial charge in [0.15, 0.2) is 5.13 Å². The van der Waals surface area contributed by atoms with E-state index in [1.54, 1.807) is 0 Å². The molecule has 0 aliphatic heterocycles. The van der Waals surface area contributed by atoms with E-state index in [9.17, 15) is 4.79 Å². The number of hydrogen-bond acceptors (Lipinski definition) is 6. The van der Waals surface area contributed by atoms with E-state index < -0.39 is 0 Å². The minimum atomic E-state index is -0.117. The van der Waals surface area contributed by atoms with Gasteiger partial charge in [0.25, 0.3) is 0 Å². The molecule has 0 spiro atoms. The quantitative estimate of drug-likeness (QED) is 0.594. The number of para-hydroxylation sites is 2. The molecule has 26 heavy (non-hydrogen) atoms. The third-order valence-corrected chi connectivity index (χ3v) is 4.90. The SMILES string of the molecule is CCOc1ccccc1Nc1nc(N)c(C(=O)c2ccc(CC)cc2)s1. The maximum absolute atomic E-state index is 12.7. The second-order valence-electron chi connectivity index (χ2n) is 5.67. The summed E-state index contributed by atoms with van der Waals surface area (Å²) in [6.07, 6.45) is 0.935. The number of carbonyl (C=O) groups is 1. The van der Waals surface area contributed by atoms with Crippen LogP contribution >= 0.6 is 11.3 Å². The van der Waals surface area contributed by atoms with Crippen molar-refractivity contribution in [2.75, 3.05) is 17.7 Å². The monoisotopic (exact) mass is 367 g/mol. The van der Waals surface area contributed by atoms with Gasteiger partial charge >= 0.3 is 0 Å². The fourth-order valence-corrected chi connectivity index (χ4v) is 3.40. The van der Waals surface area contributed by atoms with Crippen LogP contribution in [0.1, 0.15) is 34.6 Å². The van der Waals surface area contributed by atoms with Gasteiger partial charge in [0.2, 0.25) is 5.78 Å². The predicted molar refractivity (Wildman–Crippen MR) is 107 cm³/mol. The minimum absolute atomic E-state index is 0.117. The average molecular weight is 367 g/mol. The minimum Gasteiger partial charge on any atom is -0.492 e. The first-order valence-electron chi connectivity index (χ1n) is 8.51. The second-order valence-corrected chi connectivity index (χ2v) is 6.67. The topological polar surface area (TPSA) is 77.2 Å². The van der Waals surface area contributed by atoms with Crippen LogP contribution in [0.2, 0.25) is 0 Å². The number of nitrogen functional groups attached to an aromatic ring is 1. The molecule has 0 saturated heterocycles. The van der Waals surface area contributed by atoms with Gasteiger partial charge in [0.05, 0.1) is 12.3 Å². The Balaban J connectivity index is 1.84. The fourth-order valence-electron chi connectivity index (χ4n) is 2.54. The maximum atomic E-state index is 12.7. The lowest BCUT2D eigenvalue weighted by Crippen LogP contribution is -2.02.